The number of amides is 2. The fraction of sp³-hybridized carbons (Fsp3) is 0.750. The molecule has 0 aliphatic heterocycles. The van der Waals surface area contributed by atoms with Gasteiger partial charge in [-0.2, -0.15) is 0 Å². The molecule has 1 aliphatic carbocycles. The van der Waals surface area contributed by atoms with Gasteiger partial charge in [0, 0.05) is 20.0 Å². The highest BCUT2D eigenvalue weighted by molar-refractivity contribution is 5.85. The van der Waals surface area contributed by atoms with Crippen molar-refractivity contribution < 1.29 is 19.5 Å². The van der Waals surface area contributed by atoms with E-state index in [-0.39, 0.29) is 30.2 Å². The summed E-state index contributed by atoms with van der Waals surface area (Å²) in [6, 6.07) is 0. The van der Waals surface area contributed by atoms with Gasteiger partial charge in [-0.1, -0.05) is 0 Å². The second-order valence-corrected chi connectivity index (χ2v) is 4.89. The van der Waals surface area contributed by atoms with E-state index in [1.54, 1.807) is 14.1 Å². The van der Waals surface area contributed by atoms with E-state index in [0.29, 0.717) is 25.7 Å². The van der Waals surface area contributed by atoms with E-state index in [1.165, 1.54) is 4.90 Å². The minimum absolute atomic E-state index is 0.00466. The van der Waals surface area contributed by atoms with Crippen molar-refractivity contribution in [3.05, 3.63) is 0 Å². The van der Waals surface area contributed by atoms with Crippen LogP contribution in [0.1, 0.15) is 25.7 Å². The van der Waals surface area contributed by atoms with Gasteiger partial charge in [0.1, 0.15) is 0 Å². The normalized spacial score (nSPS) is 23.2. The molecular weight excluding hydrogens is 236 g/mol. The standard InChI is InChI=1S/C12H20N2O4/c1-14(2)10(15)7-13-11(16)8-3-5-9(6-4-8)12(17)18/h8-9H,3-7H2,1-2H3,(H,13,16)(H,17,18). The number of carbonyl (C=O) groups excluding carboxylic acids is 2. The summed E-state index contributed by atoms with van der Waals surface area (Å²) in [6.07, 6.45) is 2.24. The van der Waals surface area contributed by atoms with Gasteiger partial charge < -0.3 is 15.3 Å². The van der Waals surface area contributed by atoms with Crippen LogP contribution in [0, 0.1) is 11.8 Å². The Balaban J connectivity index is 2.32. The SMILES string of the molecule is CN(C)C(=O)CNC(=O)C1CCC(C(=O)O)CC1. The third-order valence-corrected chi connectivity index (χ3v) is 3.36. The molecule has 1 aliphatic rings. The predicted octanol–water partition coefficient (Wildman–Crippen LogP) is 0.0818. The molecule has 6 heteroatoms. The largest absolute Gasteiger partial charge is 0.481 e. The Morgan fingerprint density at radius 2 is 1.61 bits per heavy atom. The van der Waals surface area contributed by atoms with Crippen LogP contribution in [-0.4, -0.2) is 48.4 Å². The summed E-state index contributed by atoms with van der Waals surface area (Å²) in [5.41, 5.74) is 0. The minimum Gasteiger partial charge on any atom is -0.481 e. The third-order valence-electron chi connectivity index (χ3n) is 3.36. The zero-order valence-corrected chi connectivity index (χ0v) is 10.8. The molecule has 0 radical (unpaired) electrons. The van der Waals surface area contributed by atoms with Crippen LogP contribution in [0.15, 0.2) is 0 Å². The zero-order valence-electron chi connectivity index (χ0n) is 10.8. The van der Waals surface area contributed by atoms with Crippen molar-refractivity contribution >= 4 is 17.8 Å². The van der Waals surface area contributed by atoms with Crippen molar-refractivity contribution in [3.8, 4) is 0 Å². The van der Waals surface area contributed by atoms with E-state index in [9.17, 15) is 14.4 Å². The first-order valence-electron chi connectivity index (χ1n) is 6.12. The Morgan fingerprint density at radius 3 is 2.06 bits per heavy atom. The molecule has 6 nitrogen and oxygen atoms in total. The Morgan fingerprint density at radius 1 is 1.11 bits per heavy atom. The van der Waals surface area contributed by atoms with Crippen LogP contribution >= 0.6 is 0 Å². The van der Waals surface area contributed by atoms with Crippen molar-refractivity contribution in [2.45, 2.75) is 25.7 Å². The van der Waals surface area contributed by atoms with Crippen LogP contribution < -0.4 is 5.32 Å². The van der Waals surface area contributed by atoms with Crippen molar-refractivity contribution in [3.63, 3.8) is 0 Å². The van der Waals surface area contributed by atoms with Crippen LogP contribution in [0.3, 0.4) is 0 Å². The van der Waals surface area contributed by atoms with Crippen LogP contribution in [0.25, 0.3) is 0 Å². The van der Waals surface area contributed by atoms with Crippen molar-refractivity contribution in [2.75, 3.05) is 20.6 Å². The Bertz CT molecular complexity index is 333. The molecule has 0 aromatic carbocycles. The fourth-order valence-corrected chi connectivity index (χ4v) is 2.07. The van der Waals surface area contributed by atoms with E-state index < -0.39 is 5.97 Å². The highest BCUT2D eigenvalue weighted by Gasteiger charge is 2.29. The number of hydrogen-bond donors (Lipinski definition) is 2. The van der Waals surface area contributed by atoms with E-state index in [4.69, 9.17) is 5.11 Å². The second-order valence-electron chi connectivity index (χ2n) is 4.89. The maximum absolute atomic E-state index is 11.8. The average molecular weight is 256 g/mol. The van der Waals surface area contributed by atoms with Gasteiger partial charge in [-0.3, -0.25) is 14.4 Å². The number of nitrogens with zero attached hydrogens (tertiary/aromatic N) is 1. The molecule has 2 N–H and O–H groups in total. The van der Waals surface area contributed by atoms with E-state index >= 15 is 0 Å². The Labute approximate surface area is 106 Å². The first-order valence-corrected chi connectivity index (χ1v) is 6.12. The monoisotopic (exact) mass is 256 g/mol. The predicted molar refractivity (Wildman–Crippen MR) is 64.8 cm³/mol. The van der Waals surface area contributed by atoms with Crippen LogP contribution in [0.5, 0.6) is 0 Å². The number of rotatable bonds is 4. The number of likely N-dealkylation sites (N-methyl/N-ethyl adjacent to an activating group) is 1. The quantitative estimate of drug-likeness (QED) is 0.746. The van der Waals surface area contributed by atoms with Crippen molar-refractivity contribution in [2.24, 2.45) is 11.8 Å². The molecule has 0 bridgehead atoms. The number of carboxylic acids is 1. The molecule has 1 saturated carbocycles. The summed E-state index contributed by atoms with van der Waals surface area (Å²) in [4.78, 5) is 35.3. The number of carbonyl (C=O) groups is 3. The van der Waals surface area contributed by atoms with Gasteiger partial charge in [-0.05, 0) is 25.7 Å². The number of aliphatic carboxylic acids is 1. The highest BCUT2D eigenvalue weighted by Crippen LogP contribution is 2.28. The molecule has 0 spiro atoms. The molecule has 0 saturated heterocycles. The third kappa shape index (κ3) is 4.01. The molecule has 2 amide bonds. The average Bonchev–Trinajstić information content (AvgIpc) is 2.35. The Kier molecular flexibility index (Phi) is 5.12. The van der Waals surface area contributed by atoms with Gasteiger partial charge in [0.15, 0.2) is 0 Å². The lowest BCUT2D eigenvalue weighted by Crippen LogP contribution is -2.40. The van der Waals surface area contributed by atoms with Gasteiger partial charge in [0.25, 0.3) is 0 Å². The van der Waals surface area contributed by atoms with Crippen LogP contribution in [0.4, 0.5) is 0 Å². The lowest BCUT2D eigenvalue weighted by molar-refractivity contribution is -0.144. The first kappa shape index (κ1) is 14.5. The summed E-state index contributed by atoms with van der Waals surface area (Å²) in [6.45, 7) is 0.00466. The Hall–Kier alpha value is -1.59. The molecule has 0 aromatic rings. The molecule has 1 fully saturated rings. The zero-order chi connectivity index (χ0) is 13.7. The smallest absolute Gasteiger partial charge is 0.306 e. The first-order chi connectivity index (χ1) is 8.41. The molecule has 0 unspecified atom stereocenters. The molecule has 0 atom stereocenters. The molecular formula is C12H20N2O4. The summed E-state index contributed by atoms with van der Waals surface area (Å²) >= 11 is 0. The topological polar surface area (TPSA) is 86.7 Å². The molecule has 0 aromatic heterocycles. The molecule has 0 heterocycles. The van der Waals surface area contributed by atoms with Gasteiger partial charge in [0.05, 0.1) is 12.5 Å². The lowest BCUT2D eigenvalue weighted by atomic mass is 9.81. The van der Waals surface area contributed by atoms with Gasteiger partial charge in [0.2, 0.25) is 11.8 Å². The van der Waals surface area contributed by atoms with Crippen molar-refractivity contribution in [1.82, 2.24) is 10.2 Å². The van der Waals surface area contributed by atoms with Crippen LogP contribution in [-0.2, 0) is 14.4 Å². The molecule has 102 valence electrons. The summed E-state index contributed by atoms with van der Waals surface area (Å²) < 4.78 is 0. The second kappa shape index (κ2) is 6.37. The van der Waals surface area contributed by atoms with Crippen molar-refractivity contribution in [1.29, 1.82) is 0 Å². The number of nitrogens with one attached hydrogen (secondary N) is 1. The van der Waals surface area contributed by atoms with Gasteiger partial charge in [-0.15, -0.1) is 0 Å². The molecule has 1 rings (SSSR count). The van der Waals surface area contributed by atoms with E-state index in [1.807, 2.05) is 0 Å². The maximum atomic E-state index is 11.8. The lowest BCUT2D eigenvalue weighted by Gasteiger charge is -2.25. The van der Waals surface area contributed by atoms with Gasteiger partial charge >= 0.3 is 5.97 Å². The van der Waals surface area contributed by atoms with Crippen LogP contribution in [0.2, 0.25) is 0 Å². The fourth-order valence-electron chi connectivity index (χ4n) is 2.07. The summed E-state index contributed by atoms with van der Waals surface area (Å²) in [7, 11) is 3.26. The van der Waals surface area contributed by atoms with E-state index in [2.05, 4.69) is 5.32 Å². The summed E-state index contributed by atoms with van der Waals surface area (Å²) in [5, 5.41) is 11.4. The number of hydrogen-bond acceptors (Lipinski definition) is 3. The number of carboxylic acid groups (broad SMARTS) is 1. The minimum atomic E-state index is -0.781. The summed E-state index contributed by atoms with van der Waals surface area (Å²) in [5.74, 6) is -1.55. The maximum Gasteiger partial charge on any atom is 0.306 e. The van der Waals surface area contributed by atoms with Gasteiger partial charge in [-0.25, -0.2) is 0 Å². The highest BCUT2D eigenvalue weighted by atomic mass is 16.4. The molecule has 18 heavy (non-hydrogen) atoms. The van der Waals surface area contributed by atoms with E-state index in [0.717, 1.165) is 0 Å².